The van der Waals surface area contributed by atoms with Gasteiger partial charge in [0.15, 0.2) is 0 Å². The van der Waals surface area contributed by atoms with Crippen LogP contribution in [0.5, 0.6) is 0 Å². The third-order valence-electron chi connectivity index (χ3n) is 3.76. The fourth-order valence-electron chi connectivity index (χ4n) is 2.43. The number of hydrogen-bond acceptors (Lipinski definition) is 5. The molecule has 0 aromatic rings. The smallest absolute Gasteiger partial charge is 0.300 e. The Hall–Kier alpha value is -0.940. The summed E-state index contributed by atoms with van der Waals surface area (Å²) in [7, 11) is 0. The molecule has 1 aliphatic carbocycles. The molecule has 0 amide bonds. The second-order valence-corrected chi connectivity index (χ2v) is 5.50. The Morgan fingerprint density at radius 2 is 1.68 bits per heavy atom. The number of rotatable bonds is 0. The summed E-state index contributed by atoms with van der Waals surface area (Å²) in [6.07, 6.45) is 8.41. The number of fused-ring (bicyclic) bond motifs is 1. The zero-order valence-electron chi connectivity index (χ0n) is 11.3. The number of carbonyl (C=O) groups excluding carboxylic acids is 2. The highest BCUT2D eigenvalue weighted by molar-refractivity contribution is 5.79. The first-order valence-corrected chi connectivity index (χ1v) is 7.30. The van der Waals surface area contributed by atoms with Crippen LogP contribution in [-0.2, 0) is 24.4 Å². The molecule has 108 valence electrons. The van der Waals surface area contributed by atoms with Crippen LogP contribution in [0.4, 0.5) is 0 Å². The van der Waals surface area contributed by atoms with Crippen molar-refractivity contribution in [2.45, 2.75) is 70.3 Å². The Labute approximate surface area is 113 Å². The lowest BCUT2D eigenvalue weighted by Gasteiger charge is -2.05. The molecule has 0 aromatic carbocycles. The Morgan fingerprint density at radius 1 is 0.895 bits per heavy atom. The van der Waals surface area contributed by atoms with Crippen molar-refractivity contribution in [3.05, 3.63) is 0 Å². The van der Waals surface area contributed by atoms with E-state index in [1.165, 1.54) is 12.8 Å². The maximum Gasteiger partial charge on any atom is 0.345 e. The van der Waals surface area contributed by atoms with Crippen LogP contribution in [0.15, 0.2) is 0 Å². The number of ketones is 1. The summed E-state index contributed by atoms with van der Waals surface area (Å²) in [5, 5.41) is 4.49. The van der Waals surface area contributed by atoms with E-state index in [9.17, 15) is 9.59 Å². The van der Waals surface area contributed by atoms with Crippen molar-refractivity contribution in [3.63, 3.8) is 0 Å². The average molecular weight is 270 g/mol. The van der Waals surface area contributed by atoms with Crippen LogP contribution in [0.1, 0.15) is 64.2 Å². The predicted octanol–water partition coefficient (Wildman–Crippen LogP) is 2.87. The van der Waals surface area contributed by atoms with Crippen LogP contribution >= 0.6 is 0 Å². The lowest BCUT2D eigenvalue weighted by molar-refractivity contribution is -0.492. The van der Waals surface area contributed by atoms with Gasteiger partial charge in [0.1, 0.15) is 11.9 Å². The predicted molar refractivity (Wildman–Crippen MR) is 66.7 cm³/mol. The molecule has 2 unspecified atom stereocenters. The second kappa shape index (κ2) is 7.60. The van der Waals surface area contributed by atoms with Crippen molar-refractivity contribution >= 4 is 11.8 Å². The van der Waals surface area contributed by atoms with Gasteiger partial charge >= 0.3 is 5.97 Å². The Balaban J connectivity index is 1.71. The molecule has 0 bridgehead atoms. The Morgan fingerprint density at radius 3 is 2.58 bits per heavy atom. The summed E-state index contributed by atoms with van der Waals surface area (Å²) in [5.41, 5.74) is 0. The van der Waals surface area contributed by atoms with Gasteiger partial charge in [-0.1, -0.05) is 19.3 Å². The molecule has 0 aromatic heterocycles. The molecule has 1 saturated heterocycles. The van der Waals surface area contributed by atoms with Gasteiger partial charge in [-0.25, -0.2) is 4.79 Å². The highest BCUT2D eigenvalue weighted by Gasteiger charge is 2.39. The maximum atomic E-state index is 11.5. The first-order valence-electron chi connectivity index (χ1n) is 7.30. The van der Waals surface area contributed by atoms with Crippen molar-refractivity contribution in [2.75, 3.05) is 0 Å². The highest BCUT2D eigenvalue weighted by Crippen LogP contribution is 2.38. The molecule has 0 radical (unpaired) electrons. The zero-order valence-corrected chi connectivity index (χ0v) is 11.3. The largest absolute Gasteiger partial charge is 0.345 e. The summed E-state index contributed by atoms with van der Waals surface area (Å²) in [4.78, 5) is 32.3. The van der Waals surface area contributed by atoms with E-state index >= 15 is 0 Å². The fraction of sp³-hybridized carbons (Fsp3) is 0.857. The second-order valence-electron chi connectivity index (χ2n) is 5.50. The number of hydrogen-bond donors (Lipinski definition) is 0. The van der Waals surface area contributed by atoms with Gasteiger partial charge in [-0.3, -0.25) is 9.68 Å². The lowest BCUT2D eigenvalue weighted by Crippen LogP contribution is -2.09. The standard InChI is InChI=1S/C14H22O5/c15-12-7-4-2-1-3-6-11-10-13(11)17-19-18-14(16)9-5-8-12/h11,13H,1-10H2. The SMILES string of the molecule is O=C1CCCCCCC2CC2OOOC(=O)CCC1. The minimum atomic E-state index is -0.475. The molecule has 2 fully saturated rings. The number of Topliss-reactive ketones (excluding diaryl/α,β-unsaturated/α-hetero) is 1. The zero-order chi connectivity index (χ0) is 13.5. The maximum absolute atomic E-state index is 11.5. The van der Waals surface area contributed by atoms with Gasteiger partial charge in [0, 0.05) is 19.3 Å². The van der Waals surface area contributed by atoms with E-state index in [0.717, 1.165) is 25.7 Å². The molecule has 0 N–H and O–H groups in total. The van der Waals surface area contributed by atoms with E-state index in [4.69, 9.17) is 4.89 Å². The molecule has 2 atom stereocenters. The van der Waals surface area contributed by atoms with E-state index < -0.39 is 5.97 Å². The van der Waals surface area contributed by atoms with Crippen molar-refractivity contribution in [3.8, 4) is 0 Å². The normalized spacial score (nSPS) is 31.4. The van der Waals surface area contributed by atoms with Crippen molar-refractivity contribution in [1.29, 1.82) is 0 Å². The Bertz CT molecular complexity index is 315. The van der Waals surface area contributed by atoms with Crippen LogP contribution in [0.2, 0.25) is 0 Å². The molecule has 1 aliphatic heterocycles. The van der Waals surface area contributed by atoms with Crippen LogP contribution in [0.3, 0.4) is 0 Å². The highest BCUT2D eigenvalue weighted by atomic mass is 17.5. The molecule has 1 saturated carbocycles. The summed E-state index contributed by atoms with van der Waals surface area (Å²) in [5.74, 6) is 0.296. The van der Waals surface area contributed by atoms with Crippen molar-refractivity contribution in [1.82, 2.24) is 0 Å². The van der Waals surface area contributed by atoms with Crippen molar-refractivity contribution < 1.29 is 24.4 Å². The third-order valence-corrected chi connectivity index (χ3v) is 3.76. The number of carbonyl (C=O) groups is 2. The van der Waals surface area contributed by atoms with Gasteiger partial charge in [0.25, 0.3) is 0 Å². The molecule has 19 heavy (non-hydrogen) atoms. The first-order chi connectivity index (χ1) is 9.25. The topological polar surface area (TPSA) is 61.8 Å². The summed E-state index contributed by atoms with van der Waals surface area (Å²) in [6.45, 7) is 0. The minimum Gasteiger partial charge on any atom is -0.300 e. The minimum absolute atomic E-state index is 0.0854. The molecule has 1 heterocycles. The van der Waals surface area contributed by atoms with Gasteiger partial charge in [-0.15, -0.1) is 0 Å². The Kier molecular flexibility index (Phi) is 5.79. The van der Waals surface area contributed by atoms with E-state index in [1.807, 2.05) is 0 Å². The molecule has 0 spiro atoms. The van der Waals surface area contributed by atoms with Gasteiger partial charge in [-0.05, 0) is 36.6 Å². The van der Waals surface area contributed by atoms with Crippen molar-refractivity contribution in [2.24, 2.45) is 5.92 Å². The van der Waals surface area contributed by atoms with Gasteiger partial charge < -0.3 is 0 Å². The monoisotopic (exact) mass is 270 g/mol. The molecule has 2 rings (SSSR count). The first kappa shape index (κ1) is 14.5. The van der Waals surface area contributed by atoms with Gasteiger partial charge in [0.05, 0.1) is 0 Å². The van der Waals surface area contributed by atoms with E-state index in [1.54, 1.807) is 0 Å². The quantitative estimate of drug-likeness (QED) is 0.633. The summed E-state index contributed by atoms with van der Waals surface area (Å²) < 4.78 is 0. The molecule has 2 aliphatic rings. The van der Waals surface area contributed by atoms with E-state index in [2.05, 4.69) is 9.93 Å². The average Bonchev–Trinajstić information content (AvgIpc) is 3.11. The van der Waals surface area contributed by atoms with Gasteiger partial charge in [0.2, 0.25) is 0 Å². The van der Waals surface area contributed by atoms with Crippen LogP contribution in [-0.4, -0.2) is 17.9 Å². The summed E-state index contributed by atoms with van der Waals surface area (Å²) in [6, 6.07) is 0. The van der Waals surface area contributed by atoms with Crippen LogP contribution < -0.4 is 0 Å². The van der Waals surface area contributed by atoms with Crippen LogP contribution in [0.25, 0.3) is 0 Å². The van der Waals surface area contributed by atoms with E-state index in [0.29, 0.717) is 25.2 Å². The van der Waals surface area contributed by atoms with E-state index in [-0.39, 0.29) is 18.3 Å². The lowest BCUT2D eigenvalue weighted by atomic mass is 10.0. The third kappa shape index (κ3) is 5.70. The fourth-order valence-corrected chi connectivity index (χ4v) is 2.43. The van der Waals surface area contributed by atoms with Crippen LogP contribution in [0, 0.1) is 5.92 Å². The molecular weight excluding hydrogens is 248 g/mol. The molecule has 5 heteroatoms. The van der Waals surface area contributed by atoms with Gasteiger partial charge in [-0.2, -0.15) is 4.89 Å². The molecule has 5 nitrogen and oxygen atoms in total. The molecular formula is C14H22O5. The summed E-state index contributed by atoms with van der Waals surface area (Å²) >= 11 is 0.